The molecule has 178 valence electrons. The minimum atomic E-state index is 0.0147. The molecule has 1 N–H and O–H groups in total. The molecule has 31 heavy (non-hydrogen) atoms. The Labute approximate surface area is 196 Å². The molecule has 0 radical (unpaired) electrons. The number of amides is 1. The normalized spacial score (nSPS) is 40.7. The maximum atomic E-state index is 12.1. The van der Waals surface area contributed by atoms with Gasteiger partial charge in [-0.05, 0) is 55.8 Å². The predicted octanol–water partition coefficient (Wildman–Crippen LogP) is 4.89. The Bertz CT molecular complexity index is 583. The molecule has 1 saturated heterocycles. The van der Waals surface area contributed by atoms with Gasteiger partial charge in [0.25, 0.3) is 0 Å². The number of carbonyl (C=O) groups is 1. The van der Waals surface area contributed by atoms with Gasteiger partial charge in [0.2, 0.25) is 5.91 Å². The first-order chi connectivity index (χ1) is 15.1. The van der Waals surface area contributed by atoms with Gasteiger partial charge in [-0.2, -0.15) is 0 Å². The van der Waals surface area contributed by atoms with Gasteiger partial charge in [-0.1, -0.05) is 47.8 Å². The lowest BCUT2D eigenvalue weighted by Gasteiger charge is -2.22. The molecule has 7 heteroatoms. The van der Waals surface area contributed by atoms with Crippen molar-refractivity contribution in [2.24, 2.45) is 29.1 Å². The van der Waals surface area contributed by atoms with Gasteiger partial charge in [-0.15, -0.1) is 0 Å². The summed E-state index contributed by atoms with van der Waals surface area (Å²) in [6.07, 6.45) is 10.7. The summed E-state index contributed by atoms with van der Waals surface area (Å²) in [6, 6.07) is 0. The molecule has 0 bridgehead atoms. The monoisotopic (exact) mass is 471 g/mol. The smallest absolute Gasteiger partial charge is 0.220 e. The molecule has 1 aliphatic heterocycles. The van der Waals surface area contributed by atoms with Crippen molar-refractivity contribution in [3.05, 3.63) is 0 Å². The highest BCUT2D eigenvalue weighted by Crippen LogP contribution is 2.88. The zero-order valence-corrected chi connectivity index (χ0v) is 21.1. The maximum absolute atomic E-state index is 12.1. The van der Waals surface area contributed by atoms with Gasteiger partial charge in [0.1, 0.15) is 12.0 Å². The summed E-state index contributed by atoms with van der Waals surface area (Å²) in [5, 5.41) is 3.14. The molecule has 0 spiro atoms. The fourth-order valence-corrected chi connectivity index (χ4v) is 8.25. The lowest BCUT2D eigenvalue weighted by atomic mass is 9.83. The summed E-state index contributed by atoms with van der Waals surface area (Å²) in [5.74, 6) is 5.17. The second-order valence-corrected chi connectivity index (χ2v) is 12.6. The third-order valence-corrected chi connectivity index (χ3v) is 10.5. The lowest BCUT2D eigenvalue weighted by Crippen LogP contribution is -2.32. The third kappa shape index (κ3) is 5.42. The van der Waals surface area contributed by atoms with E-state index in [1.54, 1.807) is 28.7 Å². The first kappa shape index (κ1) is 24.2. The van der Waals surface area contributed by atoms with Crippen molar-refractivity contribution in [1.29, 1.82) is 0 Å². The molecule has 4 unspecified atom stereocenters. The van der Waals surface area contributed by atoms with Crippen molar-refractivity contribution < 1.29 is 19.0 Å². The van der Waals surface area contributed by atoms with Crippen LogP contribution >= 0.6 is 21.6 Å². The zero-order chi connectivity index (χ0) is 21.8. The van der Waals surface area contributed by atoms with Gasteiger partial charge in [0.05, 0.1) is 18.8 Å². The Morgan fingerprint density at radius 2 is 1.94 bits per heavy atom. The van der Waals surface area contributed by atoms with Gasteiger partial charge < -0.3 is 19.5 Å². The number of hydrogen-bond donors (Lipinski definition) is 1. The molecule has 3 aliphatic carbocycles. The van der Waals surface area contributed by atoms with Crippen molar-refractivity contribution in [1.82, 2.24) is 5.32 Å². The van der Waals surface area contributed by atoms with Crippen LogP contribution in [-0.4, -0.2) is 56.2 Å². The number of carbonyl (C=O) groups excluding carboxylic acids is 1. The molecule has 4 fully saturated rings. The van der Waals surface area contributed by atoms with Crippen LogP contribution in [0.2, 0.25) is 0 Å². The van der Waals surface area contributed by atoms with Crippen molar-refractivity contribution in [3.8, 4) is 0 Å². The number of nitrogens with one attached hydrogen (secondary N) is 1. The summed E-state index contributed by atoms with van der Waals surface area (Å²) in [7, 11) is 5.10. The molecular formula is C24H41NO4S2. The van der Waals surface area contributed by atoms with Crippen molar-refractivity contribution in [2.45, 2.75) is 83.5 Å². The van der Waals surface area contributed by atoms with Gasteiger partial charge in [-0.3, -0.25) is 4.79 Å². The van der Waals surface area contributed by atoms with E-state index in [2.05, 4.69) is 19.2 Å². The van der Waals surface area contributed by atoms with Crippen LogP contribution in [0, 0.1) is 29.1 Å². The average Bonchev–Trinajstić information content (AvgIpc) is 3.52. The first-order valence-corrected chi connectivity index (χ1v) is 14.9. The van der Waals surface area contributed by atoms with Crippen molar-refractivity contribution >= 4 is 27.5 Å². The van der Waals surface area contributed by atoms with Crippen LogP contribution in [0.5, 0.6) is 0 Å². The number of hydrogen-bond acceptors (Lipinski definition) is 6. The van der Waals surface area contributed by atoms with Gasteiger partial charge in [-0.25, -0.2) is 0 Å². The van der Waals surface area contributed by atoms with Gasteiger partial charge in [0, 0.05) is 31.7 Å². The molecule has 4 rings (SSSR count). The van der Waals surface area contributed by atoms with Crippen molar-refractivity contribution in [3.63, 3.8) is 0 Å². The van der Waals surface area contributed by atoms with Crippen molar-refractivity contribution in [2.75, 3.05) is 32.0 Å². The van der Waals surface area contributed by atoms with Crippen LogP contribution in [-0.2, 0) is 19.0 Å². The van der Waals surface area contributed by atoms with E-state index in [-0.39, 0.29) is 24.2 Å². The van der Waals surface area contributed by atoms with Gasteiger partial charge >= 0.3 is 0 Å². The zero-order valence-electron chi connectivity index (χ0n) is 19.5. The van der Waals surface area contributed by atoms with E-state index in [1.165, 1.54) is 38.5 Å². The summed E-state index contributed by atoms with van der Waals surface area (Å²) in [4.78, 5) is 12.1. The molecule has 4 aliphatic rings. The first-order valence-electron chi connectivity index (χ1n) is 12.4. The number of methoxy groups -OCH3 is 1. The fraction of sp³-hybridized carbons (Fsp3) is 0.958. The Morgan fingerprint density at radius 3 is 2.68 bits per heavy atom. The summed E-state index contributed by atoms with van der Waals surface area (Å²) < 4.78 is 17.2. The summed E-state index contributed by atoms with van der Waals surface area (Å²) in [6.45, 7) is 5.69. The average molecular weight is 472 g/mol. The highest BCUT2D eigenvalue weighted by molar-refractivity contribution is 8.76. The quantitative estimate of drug-likeness (QED) is 0.234. The van der Waals surface area contributed by atoms with Crippen LogP contribution in [0.4, 0.5) is 0 Å². The Kier molecular flexibility index (Phi) is 8.57. The molecule has 3 saturated carbocycles. The van der Waals surface area contributed by atoms with Crippen LogP contribution in [0.15, 0.2) is 0 Å². The summed E-state index contributed by atoms with van der Waals surface area (Å²) in [5.41, 5.74) is 0.736. The number of rotatable bonds is 13. The predicted molar refractivity (Wildman–Crippen MR) is 128 cm³/mol. The second kappa shape index (κ2) is 11.0. The largest absolute Gasteiger partial charge is 0.382 e. The molecule has 0 aromatic heterocycles. The Morgan fingerprint density at radius 1 is 1.16 bits per heavy atom. The molecule has 0 aromatic carbocycles. The van der Waals surface area contributed by atoms with Gasteiger partial charge in [0.15, 0.2) is 0 Å². The van der Waals surface area contributed by atoms with Crippen LogP contribution in [0.1, 0.15) is 65.2 Å². The van der Waals surface area contributed by atoms with E-state index < -0.39 is 0 Å². The maximum Gasteiger partial charge on any atom is 0.220 e. The lowest BCUT2D eigenvalue weighted by molar-refractivity contribution is -0.120. The molecule has 0 aromatic rings. The van der Waals surface area contributed by atoms with E-state index in [0.717, 1.165) is 41.9 Å². The van der Waals surface area contributed by atoms with Crippen LogP contribution < -0.4 is 5.32 Å². The standard InChI is InChI=1S/C24H41NO4S2/c1-16-17(2)29-20(14-27-3)23(16)28-15-31-30-13-10-21(26)25-12-7-11-24-18-8-5-4-6-9-19(24)22(18)24/h16-20,22-23H,4-15H2,1-3H3,(H,25,26)/t16?,17-,18?,19?,20+,22?,23?,24?/m0/s1. The second-order valence-electron chi connectivity index (χ2n) is 10.1. The third-order valence-electron chi connectivity index (χ3n) is 8.44. The molecule has 6 atom stereocenters. The fourth-order valence-electron chi connectivity index (χ4n) is 6.61. The SMILES string of the molecule is COC[C@H]1O[C@@H](C)C(C)C1OCSSCCC(=O)NCCCC12C3CCCCCC1C32. The molecule has 1 heterocycles. The van der Waals surface area contributed by atoms with E-state index in [1.807, 2.05) is 0 Å². The molecule has 1 amide bonds. The number of fused-ring (bicyclic) bond motifs is 2. The minimum Gasteiger partial charge on any atom is -0.382 e. The van der Waals surface area contributed by atoms with Crippen LogP contribution in [0.25, 0.3) is 0 Å². The minimum absolute atomic E-state index is 0.0147. The molecule has 5 nitrogen and oxygen atoms in total. The summed E-state index contributed by atoms with van der Waals surface area (Å²) >= 11 is 0. The Balaban J connectivity index is 1.00. The van der Waals surface area contributed by atoms with E-state index in [4.69, 9.17) is 14.2 Å². The highest BCUT2D eigenvalue weighted by Gasteiger charge is 2.83. The highest BCUT2D eigenvalue weighted by atomic mass is 33.1. The Hall–Kier alpha value is 0.0500. The van der Waals surface area contributed by atoms with E-state index >= 15 is 0 Å². The van der Waals surface area contributed by atoms with E-state index in [0.29, 0.717) is 24.9 Å². The topological polar surface area (TPSA) is 56.8 Å². The van der Waals surface area contributed by atoms with E-state index in [9.17, 15) is 4.79 Å². The van der Waals surface area contributed by atoms with Crippen LogP contribution in [0.3, 0.4) is 0 Å². The molecular weight excluding hydrogens is 430 g/mol. The number of ether oxygens (including phenoxy) is 3.